The highest BCUT2D eigenvalue weighted by Crippen LogP contribution is 2.16. The fraction of sp³-hybridized carbons (Fsp3) is 0.357. The number of aromatic nitrogens is 1. The Hall–Kier alpha value is -3.61. The van der Waals surface area contributed by atoms with Crippen molar-refractivity contribution in [2.75, 3.05) is 26.9 Å². The molecule has 0 saturated heterocycles. The van der Waals surface area contributed by atoms with Gasteiger partial charge >= 0.3 is 18.4 Å². The summed E-state index contributed by atoms with van der Waals surface area (Å²) < 4.78 is 22.5. The molecule has 0 spiro atoms. The van der Waals surface area contributed by atoms with Crippen molar-refractivity contribution in [1.29, 1.82) is 0 Å². The van der Waals surface area contributed by atoms with Crippen LogP contribution in [0.15, 0.2) is 18.3 Å². The van der Waals surface area contributed by atoms with E-state index in [1.165, 1.54) is 19.4 Å². The van der Waals surface area contributed by atoms with Crippen LogP contribution in [-0.2, 0) is 19.0 Å². The Morgan fingerprint density at radius 3 is 2.33 bits per heavy atom. The second-order valence-corrected chi connectivity index (χ2v) is 4.27. The predicted octanol–water partition coefficient (Wildman–Crippen LogP) is 0.257. The largest absolute Gasteiger partial charge is 0.515 e. The van der Waals surface area contributed by atoms with Crippen LogP contribution in [0.4, 0.5) is 14.4 Å². The molecule has 0 aliphatic carbocycles. The molecule has 150 valence electrons. The minimum atomic E-state index is -1.48. The number of primary amides is 2. The van der Waals surface area contributed by atoms with Gasteiger partial charge in [-0.3, -0.25) is 4.79 Å². The first kappa shape index (κ1) is 23.4. The Morgan fingerprint density at radius 1 is 1.07 bits per heavy atom. The number of carbonyl (C=O) groups excluding carboxylic acids is 3. The first-order valence-corrected chi connectivity index (χ1v) is 7.15. The molecule has 0 fully saturated rings. The summed E-state index contributed by atoms with van der Waals surface area (Å²) in [5.41, 5.74) is 9.27. The van der Waals surface area contributed by atoms with E-state index in [0.29, 0.717) is 0 Å². The third-order valence-electron chi connectivity index (χ3n) is 2.20. The third kappa shape index (κ3) is 14.4. The lowest BCUT2D eigenvalue weighted by Gasteiger charge is -2.05. The Balaban J connectivity index is 0.000000636. The minimum absolute atomic E-state index is 0.0165. The standard InChI is InChI=1S/C10H11NO7.C4H8N2O3/c1-15-4-5-16-10(14)18-8-6-7(2-3-11-8)17-9(12)13;5-3(7)1-2-9-4(6)8/h2-3,6H,4-5H2,1H3,(H,12,13);1-2H2,(H2,5,7)(H2,6,8). The van der Waals surface area contributed by atoms with Crippen LogP contribution in [0.5, 0.6) is 11.6 Å². The van der Waals surface area contributed by atoms with Crippen molar-refractivity contribution >= 4 is 24.3 Å². The highest BCUT2D eigenvalue weighted by atomic mass is 16.7. The van der Waals surface area contributed by atoms with Crippen LogP contribution in [-0.4, -0.2) is 61.3 Å². The van der Waals surface area contributed by atoms with Gasteiger partial charge in [0.2, 0.25) is 11.8 Å². The van der Waals surface area contributed by atoms with Gasteiger partial charge in [-0.2, -0.15) is 0 Å². The molecule has 1 aromatic rings. The summed E-state index contributed by atoms with van der Waals surface area (Å²) in [6.45, 7) is 0.246. The molecule has 0 aromatic carbocycles. The summed E-state index contributed by atoms with van der Waals surface area (Å²) in [5, 5.41) is 8.39. The van der Waals surface area contributed by atoms with Crippen molar-refractivity contribution < 1.29 is 48.0 Å². The van der Waals surface area contributed by atoms with Crippen molar-refractivity contribution in [3.63, 3.8) is 0 Å². The van der Waals surface area contributed by atoms with Crippen LogP contribution in [0.3, 0.4) is 0 Å². The molecule has 0 aliphatic rings. The maximum Gasteiger partial charge on any atom is 0.515 e. The van der Waals surface area contributed by atoms with Gasteiger partial charge in [-0.1, -0.05) is 0 Å². The summed E-state index contributed by atoms with van der Waals surface area (Å²) in [7, 11) is 1.46. The highest BCUT2D eigenvalue weighted by Gasteiger charge is 2.09. The summed E-state index contributed by atoms with van der Waals surface area (Å²) in [6, 6.07) is 2.45. The normalized spacial score (nSPS) is 9.22. The van der Waals surface area contributed by atoms with Crippen molar-refractivity contribution in [3.05, 3.63) is 18.3 Å². The lowest BCUT2D eigenvalue weighted by atomic mass is 10.4. The second-order valence-electron chi connectivity index (χ2n) is 4.27. The minimum Gasteiger partial charge on any atom is -0.449 e. The molecule has 13 heteroatoms. The number of carbonyl (C=O) groups is 4. The van der Waals surface area contributed by atoms with Crippen LogP contribution in [0.2, 0.25) is 0 Å². The van der Waals surface area contributed by atoms with E-state index in [0.717, 1.165) is 6.07 Å². The molecule has 2 amide bonds. The van der Waals surface area contributed by atoms with E-state index in [2.05, 4.69) is 34.4 Å². The van der Waals surface area contributed by atoms with Crippen molar-refractivity contribution in [2.45, 2.75) is 6.42 Å². The zero-order valence-electron chi connectivity index (χ0n) is 14.3. The van der Waals surface area contributed by atoms with Gasteiger partial charge in [-0.05, 0) is 6.07 Å². The van der Waals surface area contributed by atoms with Gasteiger partial charge in [-0.15, -0.1) is 0 Å². The second kappa shape index (κ2) is 13.7. The fourth-order valence-corrected chi connectivity index (χ4v) is 1.19. The number of nitrogens with two attached hydrogens (primary N) is 2. The third-order valence-corrected chi connectivity index (χ3v) is 2.20. The average molecular weight is 389 g/mol. The molecule has 0 bridgehead atoms. The fourth-order valence-electron chi connectivity index (χ4n) is 1.19. The highest BCUT2D eigenvalue weighted by molar-refractivity contribution is 5.74. The summed E-state index contributed by atoms with van der Waals surface area (Å²) in [6.07, 6.45) is -2.09. The van der Waals surface area contributed by atoms with Gasteiger partial charge in [0.15, 0.2) is 0 Å². The first-order chi connectivity index (χ1) is 12.7. The molecule has 5 N–H and O–H groups in total. The molecule has 1 aromatic heterocycles. The van der Waals surface area contributed by atoms with Gasteiger partial charge < -0.3 is 40.3 Å². The van der Waals surface area contributed by atoms with Crippen molar-refractivity contribution in [2.24, 2.45) is 11.5 Å². The van der Waals surface area contributed by atoms with E-state index in [-0.39, 0.29) is 37.9 Å². The Kier molecular flexibility index (Phi) is 11.8. The number of methoxy groups -OCH3 is 1. The van der Waals surface area contributed by atoms with E-state index in [4.69, 9.17) is 10.8 Å². The molecule has 1 rings (SSSR count). The molecule has 0 saturated carbocycles. The van der Waals surface area contributed by atoms with Crippen molar-refractivity contribution in [1.82, 2.24) is 4.98 Å². The van der Waals surface area contributed by atoms with Gasteiger partial charge in [0.05, 0.1) is 13.0 Å². The molecule has 1 heterocycles. The number of rotatable bonds is 8. The quantitative estimate of drug-likeness (QED) is 0.406. The smallest absolute Gasteiger partial charge is 0.449 e. The average Bonchev–Trinajstić information content (AvgIpc) is 2.54. The van der Waals surface area contributed by atoms with Gasteiger partial charge in [0.1, 0.15) is 19.0 Å². The molecule has 0 radical (unpaired) electrons. The molecule has 27 heavy (non-hydrogen) atoms. The van der Waals surface area contributed by atoms with Crippen LogP contribution < -0.4 is 20.9 Å². The molecular formula is C14H19N3O10. The number of carboxylic acid groups (broad SMARTS) is 1. The lowest BCUT2D eigenvalue weighted by Crippen LogP contribution is -2.18. The summed E-state index contributed by atoms with van der Waals surface area (Å²) in [5.74, 6) is -0.662. The Labute approximate surface area is 153 Å². The van der Waals surface area contributed by atoms with Crippen molar-refractivity contribution in [3.8, 4) is 11.6 Å². The zero-order chi connectivity index (χ0) is 20.7. The Morgan fingerprint density at radius 2 is 1.78 bits per heavy atom. The number of ether oxygens (including phenoxy) is 5. The van der Waals surface area contributed by atoms with Crippen LogP contribution in [0.25, 0.3) is 0 Å². The van der Waals surface area contributed by atoms with Crippen LogP contribution in [0.1, 0.15) is 6.42 Å². The summed E-state index contributed by atoms with van der Waals surface area (Å²) >= 11 is 0. The maximum atomic E-state index is 11.1. The monoisotopic (exact) mass is 389 g/mol. The van der Waals surface area contributed by atoms with Crippen LogP contribution in [0, 0.1) is 0 Å². The van der Waals surface area contributed by atoms with E-state index in [1.807, 2.05) is 0 Å². The van der Waals surface area contributed by atoms with Gasteiger partial charge in [0.25, 0.3) is 0 Å². The zero-order valence-corrected chi connectivity index (χ0v) is 14.3. The number of amides is 2. The first-order valence-electron chi connectivity index (χ1n) is 7.15. The molecule has 0 atom stereocenters. The van der Waals surface area contributed by atoms with Crippen LogP contribution >= 0.6 is 0 Å². The van der Waals surface area contributed by atoms with E-state index in [1.54, 1.807) is 0 Å². The SMILES string of the molecule is COCCOC(=O)Oc1cc(OC(=O)O)ccn1.NC(=O)CCOC(N)=O. The molecule has 13 nitrogen and oxygen atoms in total. The Bertz CT molecular complexity index is 623. The van der Waals surface area contributed by atoms with Gasteiger partial charge in [-0.25, -0.2) is 19.4 Å². The number of nitrogens with zero attached hydrogens (tertiary/aromatic N) is 1. The number of pyridine rings is 1. The topological polar surface area (TPSA) is 200 Å². The lowest BCUT2D eigenvalue weighted by molar-refractivity contribution is -0.118. The van der Waals surface area contributed by atoms with E-state index < -0.39 is 24.3 Å². The van der Waals surface area contributed by atoms with E-state index in [9.17, 15) is 19.2 Å². The maximum absolute atomic E-state index is 11.1. The predicted molar refractivity (Wildman–Crippen MR) is 86.1 cm³/mol. The number of hydrogen-bond acceptors (Lipinski definition) is 10. The van der Waals surface area contributed by atoms with E-state index >= 15 is 0 Å². The summed E-state index contributed by atoms with van der Waals surface area (Å²) in [4.78, 5) is 44.9. The molecule has 0 unspecified atom stereocenters. The molecular weight excluding hydrogens is 370 g/mol. The molecule has 0 aliphatic heterocycles. The number of hydrogen-bond donors (Lipinski definition) is 3. The van der Waals surface area contributed by atoms with Gasteiger partial charge in [0, 0.05) is 19.4 Å².